The molecule has 0 aliphatic rings. The van der Waals surface area contributed by atoms with Crippen molar-refractivity contribution in [2.75, 3.05) is 0 Å². The Bertz CT molecular complexity index is 394. The van der Waals surface area contributed by atoms with Crippen molar-refractivity contribution in [2.24, 2.45) is 0 Å². The maximum atomic E-state index is 5.52. The number of hydrogen-bond acceptors (Lipinski definition) is 3. The minimum absolute atomic E-state index is 0.724. The van der Waals surface area contributed by atoms with Crippen LogP contribution in [0.2, 0.25) is 0 Å². The largest absolute Gasteiger partial charge is 0.440 e. The van der Waals surface area contributed by atoms with Gasteiger partial charge in [-0.2, -0.15) is 0 Å². The third kappa shape index (κ3) is 1.69. The molecule has 0 aromatic carbocycles. The van der Waals surface area contributed by atoms with Gasteiger partial charge in [-0.05, 0) is 18.4 Å². The minimum Gasteiger partial charge on any atom is -0.440 e. The van der Waals surface area contributed by atoms with E-state index in [1.807, 2.05) is 24.4 Å². The van der Waals surface area contributed by atoms with Gasteiger partial charge in [-0.3, -0.25) is 0 Å². The van der Waals surface area contributed by atoms with Crippen LogP contribution in [0.1, 0.15) is 11.5 Å². The first kappa shape index (κ1) is 8.97. The van der Waals surface area contributed by atoms with Gasteiger partial charge in [0, 0.05) is 5.33 Å². The fourth-order valence-corrected chi connectivity index (χ4v) is 2.23. The van der Waals surface area contributed by atoms with Gasteiger partial charge in [0.05, 0.1) is 10.6 Å². The highest BCUT2D eigenvalue weighted by Gasteiger charge is 2.10. The first-order valence-corrected chi connectivity index (χ1v) is 5.87. The van der Waals surface area contributed by atoms with Crippen molar-refractivity contribution in [3.05, 3.63) is 29.0 Å². The summed E-state index contributed by atoms with van der Waals surface area (Å²) >= 11 is 5.00. The second-order valence-corrected chi connectivity index (χ2v) is 4.14. The van der Waals surface area contributed by atoms with Crippen molar-refractivity contribution in [3.8, 4) is 10.8 Å². The van der Waals surface area contributed by atoms with Gasteiger partial charge in [-0.15, -0.1) is 11.3 Å². The standard InChI is InChI=1S/C9H8BrNOS/c1-6-7(5-10)11-9(12-6)8-3-2-4-13-8/h2-4H,5H2,1H3. The molecular weight excluding hydrogens is 250 g/mol. The van der Waals surface area contributed by atoms with Crippen LogP contribution in [0.25, 0.3) is 10.8 Å². The molecule has 0 aliphatic carbocycles. The Morgan fingerprint density at radius 3 is 3.00 bits per heavy atom. The highest BCUT2D eigenvalue weighted by Crippen LogP contribution is 2.26. The normalized spacial score (nSPS) is 10.6. The molecule has 68 valence electrons. The second kappa shape index (κ2) is 3.64. The number of oxazole rings is 1. The lowest BCUT2D eigenvalue weighted by Crippen LogP contribution is -1.78. The molecule has 0 aliphatic heterocycles. The van der Waals surface area contributed by atoms with E-state index in [4.69, 9.17) is 4.42 Å². The molecule has 0 amide bonds. The number of alkyl halides is 1. The Kier molecular flexibility index (Phi) is 2.51. The Balaban J connectivity index is 2.43. The molecule has 0 unspecified atom stereocenters. The van der Waals surface area contributed by atoms with E-state index in [1.165, 1.54) is 0 Å². The molecule has 4 heteroatoms. The molecule has 2 rings (SSSR count). The number of thiophene rings is 1. The van der Waals surface area contributed by atoms with Gasteiger partial charge in [0.25, 0.3) is 0 Å². The molecule has 2 aromatic heterocycles. The Morgan fingerprint density at radius 2 is 2.46 bits per heavy atom. The van der Waals surface area contributed by atoms with Crippen molar-refractivity contribution < 1.29 is 4.42 Å². The fourth-order valence-electron chi connectivity index (χ4n) is 1.06. The topological polar surface area (TPSA) is 26.0 Å². The maximum Gasteiger partial charge on any atom is 0.236 e. The van der Waals surface area contributed by atoms with Crippen LogP contribution >= 0.6 is 27.3 Å². The lowest BCUT2D eigenvalue weighted by atomic mass is 10.4. The van der Waals surface area contributed by atoms with E-state index >= 15 is 0 Å². The SMILES string of the molecule is Cc1oc(-c2cccs2)nc1CBr. The lowest BCUT2D eigenvalue weighted by Gasteiger charge is -1.84. The molecule has 0 atom stereocenters. The van der Waals surface area contributed by atoms with Gasteiger partial charge in [0.15, 0.2) is 0 Å². The summed E-state index contributed by atoms with van der Waals surface area (Å²) in [6.45, 7) is 1.93. The van der Waals surface area contributed by atoms with Gasteiger partial charge < -0.3 is 4.42 Å². The fraction of sp³-hybridized carbons (Fsp3) is 0.222. The van der Waals surface area contributed by atoms with Crippen molar-refractivity contribution in [1.82, 2.24) is 4.98 Å². The molecule has 0 N–H and O–H groups in total. The summed E-state index contributed by atoms with van der Waals surface area (Å²) in [5.41, 5.74) is 0.975. The molecule has 0 fully saturated rings. The smallest absolute Gasteiger partial charge is 0.236 e. The summed E-state index contributed by atoms with van der Waals surface area (Å²) < 4.78 is 5.52. The van der Waals surface area contributed by atoms with Crippen LogP contribution in [0.3, 0.4) is 0 Å². The number of aromatic nitrogens is 1. The van der Waals surface area contributed by atoms with E-state index < -0.39 is 0 Å². The summed E-state index contributed by atoms with van der Waals surface area (Å²) in [5.74, 6) is 1.61. The van der Waals surface area contributed by atoms with Crippen molar-refractivity contribution in [3.63, 3.8) is 0 Å². The van der Waals surface area contributed by atoms with Crippen LogP contribution in [-0.2, 0) is 5.33 Å². The van der Waals surface area contributed by atoms with Gasteiger partial charge in [-0.25, -0.2) is 4.98 Å². The predicted molar refractivity (Wildman–Crippen MR) is 57.2 cm³/mol. The van der Waals surface area contributed by atoms with Gasteiger partial charge >= 0.3 is 0 Å². The number of halogens is 1. The Labute approximate surface area is 88.7 Å². The first-order valence-electron chi connectivity index (χ1n) is 3.87. The molecule has 0 spiro atoms. The average Bonchev–Trinajstić information content (AvgIpc) is 2.71. The molecule has 2 heterocycles. The second-order valence-electron chi connectivity index (χ2n) is 2.63. The zero-order valence-corrected chi connectivity index (χ0v) is 9.48. The zero-order chi connectivity index (χ0) is 9.26. The maximum absolute atomic E-state index is 5.52. The van der Waals surface area contributed by atoms with Crippen molar-refractivity contribution in [2.45, 2.75) is 12.3 Å². The third-order valence-corrected chi connectivity index (χ3v) is 3.14. The van der Waals surface area contributed by atoms with E-state index in [2.05, 4.69) is 20.9 Å². The third-order valence-electron chi connectivity index (χ3n) is 1.75. The van der Waals surface area contributed by atoms with Crippen LogP contribution < -0.4 is 0 Å². The number of rotatable bonds is 2. The molecule has 0 radical (unpaired) electrons. The Hall–Kier alpha value is -0.610. The van der Waals surface area contributed by atoms with E-state index in [1.54, 1.807) is 11.3 Å². The summed E-state index contributed by atoms with van der Waals surface area (Å²) in [7, 11) is 0. The number of nitrogens with zero attached hydrogens (tertiary/aromatic N) is 1. The van der Waals surface area contributed by atoms with E-state index in [0.717, 1.165) is 27.6 Å². The van der Waals surface area contributed by atoms with Crippen molar-refractivity contribution in [1.29, 1.82) is 0 Å². The molecule has 0 saturated heterocycles. The van der Waals surface area contributed by atoms with Crippen molar-refractivity contribution >= 4 is 27.3 Å². The summed E-state index contributed by atoms with van der Waals surface area (Å²) in [6.07, 6.45) is 0. The monoisotopic (exact) mass is 257 g/mol. The van der Waals surface area contributed by atoms with E-state index in [0.29, 0.717) is 0 Å². The van der Waals surface area contributed by atoms with Crippen LogP contribution in [0.4, 0.5) is 0 Å². The summed E-state index contributed by atoms with van der Waals surface area (Å²) in [4.78, 5) is 5.45. The minimum atomic E-state index is 0.724. The van der Waals surface area contributed by atoms with E-state index in [-0.39, 0.29) is 0 Å². The Morgan fingerprint density at radius 1 is 1.62 bits per heavy atom. The van der Waals surface area contributed by atoms with E-state index in [9.17, 15) is 0 Å². The van der Waals surface area contributed by atoms with Gasteiger partial charge in [0.1, 0.15) is 5.76 Å². The molecule has 0 bridgehead atoms. The molecule has 13 heavy (non-hydrogen) atoms. The lowest BCUT2D eigenvalue weighted by molar-refractivity contribution is 0.542. The highest BCUT2D eigenvalue weighted by atomic mass is 79.9. The van der Waals surface area contributed by atoms with Crippen LogP contribution in [0.5, 0.6) is 0 Å². The molecule has 2 aromatic rings. The summed E-state index contributed by atoms with van der Waals surface area (Å²) in [5, 5.41) is 2.76. The molecule has 0 saturated carbocycles. The number of aryl methyl sites for hydroxylation is 1. The number of hydrogen-bond donors (Lipinski definition) is 0. The molecule has 2 nitrogen and oxygen atoms in total. The van der Waals surface area contributed by atoms with Crippen LogP contribution in [0, 0.1) is 6.92 Å². The predicted octanol–water partition coefficient (Wildman–Crippen LogP) is 3.61. The highest BCUT2D eigenvalue weighted by molar-refractivity contribution is 9.08. The zero-order valence-electron chi connectivity index (χ0n) is 7.08. The first-order chi connectivity index (χ1) is 6.31. The van der Waals surface area contributed by atoms with Gasteiger partial charge in [-0.1, -0.05) is 22.0 Å². The summed E-state index contributed by atoms with van der Waals surface area (Å²) in [6, 6.07) is 4.00. The molecular formula is C9H8BrNOS. The average molecular weight is 258 g/mol. The quantitative estimate of drug-likeness (QED) is 0.769. The van der Waals surface area contributed by atoms with Crippen LogP contribution in [-0.4, -0.2) is 4.98 Å². The van der Waals surface area contributed by atoms with Gasteiger partial charge in [0.2, 0.25) is 5.89 Å². The van der Waals surface area contributed by atoms with Crippen LogP contribution in [0.15, 0.2) is 21.9 Å².